The standard InChI is InChI=1S/C26H35F2N7O5S/c1-7-9-16(15-33(5)25(36)40-26(2,3)4)30-23-18(28)12-17(27)22(31-23)19-14-29-21-13-20(39-6)24(32-35(19)21)34-10-8-11-41(34,37)38/h12-14,16H,7-11,15H2,1-6H3,(H,30,31). The van der Waals surface area contributed by atoms with E-state index in [4.69, 9.17) is 9.47 Å². The lowest BCUT2D eigenvalue weighted by atomic mass is 10.1. The first-order valence-corrected chi connectivity index (χ1v) is 14.8. The molecular formula is C26H35F2N7O5S. The molecule has 4 rings (SSSR count). The average molecular weight is 596 g/mol. The molecule has 41 heavy (non-hydrogen) atoms. The van der Waals surface area contributed by atoms with E-state index in [-0.39, 0.29) is 53.3 Å². The number of methoxy groups -OCH3 is 1. The number of aromatic nitrogens is 4. The van der Waals surface area contributed by atoms with Crippen LogP contribution in [0.25, 0.3) is 17.0 Å². The molecule has 1 fully saturated rings. The van der Waals surface area contributed by atoms with Gasteiger partial charge in [-0.05, 0) is 33.6 Å². The molecule has 4 heterocycles. The molecule has 0 bridgehead atoms. The van der Waals surface area contributed by atoms with Gasteiger partial charge in [-0.15, -0.1) is 5.10 Å². The summed E-state index contributed by atoms with van der Waals surface area (Å²) in [6.45, 7) is 7.63. The summed E-state index contributed by atoms with van der Waals surface area (Å²) in [6.07, 6.45) is 2.49. The van der Waals surface area contributed by atoms with Crippen LogP contribution in [-0.4, -0.2) is 83.6 Å². The Balaban J connectivity index is 1.69. The van der Waals surface area contributed by atoms with E-state index in [0.717, 1.165) is 10.7 Å². The first kappa shape index (κ1) is 30.2. The third-order valence-electron chi connectivity index (χ3n) is 6.34. The maximum Gasteiger partial charge on any atom is 0.410 e. The zero-order chi connectivity index (χ0) is 30.1. The van der Waals surface area contributed by atoms with Crippen LogP contribution in [0.2, 0.25) is 0 Å². The third-order valence-corrected chi connectivity index (χ3v) is 8.18. The van der Waals surface area contributed by atoms with Gasteiger partial charge in [0, 0.05) is 38.3 Å². The van der Waals surface area contributed by atoms with Gasteiger partial charge in [-0.3, -0.25) is 0 Å². The molecule has 1 aliphatic heterocycles. The van der Waals surface area contributed by atoms with Crippen LogP contribution in [0.15, 0.2) is 18.3 Å². The van der Waals surface area contributed by atoms with Gasteiger partial charge in [0.2, 0.25) is 15.8 Å². The summed E-state index contributed by atoms with van der Waals surface area (Å²) in [4.78, 5) is 22.4. The lowest BCUT2D eigenvalue weighted by Gasteiger charge is -2.28. The molecule has 1 aliphatic rings. The number of carbonyl (C=O) groups excluding carboxylic acids is 1. The SMILES string of the molecule is CCCC(CN(C)C(=O)OC(C)(C)C)Nc1nc(-c2cnc3cc(OC)c(N4CCCS4(=O)=O)nn23)c(F)cc1F. The van der Waals surface area contributed by atoms with Crippen LogP contribution in [0.5, 0.6) is 5.75 Å². The Bertz CT molecular complexity index is 1540. The predicted octanol–water partition coefficient (Wildman–Crippen LogP) is 4.07. The molecule has 3 aromatic rings. The largest absolute Gasteiger partial charge is 0.493 e. The number of pyridine rings is 1. The highest BCUT2D eigenvalue weighted by atomic mass is 32.2. The summed E-state index contributed by atoms with van der Waals surface area (Å²) in [5, 5.41) is 7.43. The number of anilines is 2. The minimum Gasteiger partial charge on any atom is -0.493 e. The molecule has 3 aromatic heterocycles. The fraction of sp³-hybridized carbons (Fsp3) is 0.538. The molecule has 15 heteroatoms. The fourth-order valence-electron chi connectivity index (χ4n) is 4.49. The molecule has 12 nitrogen and oxygen atoms in total. The van der Waals surface area contributed by atoms with Crippen LogP contribution < -0.4 is 14.4 Å². The Hall–Kier alpha value is -3.75. The van der Waals surface area contributed by atoms with Gasteiger partial charge in [0.1, 0.15) is 17.0 Å². The topological polar surface area (TPSA) is 131 Å². The third kappa shape index (κ3) is 6.60. The molecule has 1 atom stereocenters. The van der Waals surface area contributed by atoms with E-state index < -0.39 is 39.4 Å². The van der Waals surface area contributed by atoms with Crippen molar-refractivity contribution in [3.05, 3.63) is 30.0 Å². The number of hydrogen-bond donors (Lipinski definition) is 1. The predicted molar refractivity (Wildman–Crippen MR) is 150 cm³/mol. The molecule has 0 spiro atoms. The lowest BCUT2D eigenvalue weighted by molar-refractivity contribution is 0.0291. The molecule has 1 N–H and O–H groups in total. The number of fused-ring (bicyclic) bond motifs is 1. The number of likely N-dealkylation sites (N-methyl/N-ethyl adjacent to an activating group) is 1. The van der Waals surface area contributed by atoms with Crippen LogP contribution in [0.4, 0.5) is 25.2 Å². The molecular weight excluding hydrogens is 560 g/mol. The second-order valence-corrected chi connectivity index (χ2v) is 12.8. The van der Waals surface area contributed by atoms with E-state index >= 15 is 4.39 Å². The van der Waals surface area contributed by atoms with Gasteiger partial charge in [0.25, 0.3) is 0 Å². The average Bonchev–Trinajstić information content (AvgIpc) is 3.45. The Kier molecular flexibility index (Phi) is 8.57. The van der Waals surface area contributed by atoms with Crippen molar-refractivity contribution in [3.8, 4) is 17.1 Å². The molecule has 224 valence electrons. The molecule has 0 radical (unpaired) electrons. The number of nitrogens with one attached hydrogen (secondary N) is 1. The second-order valence-electron chi connectivity index (χ2n) is 10.8. The van der Waals surface area contributed by atoms with Crippen LogP contribution in [-0.2, 0) is 14.8 Å². The minimum atomic E-state index is -3.60. The van der Waals surface area contributed by atoms with Gasteiger partial charge in [0.05, 0.1) is 19.1 Å². The van der Waals surface area contributed by atoms with Crippen LogP contribution >= 0.6 is 0 Å². The normalized spacial score (nSPS) is 15.7. The van der Waals surface area contributed by atoms with E-state index in [2.05, 4.69) is 20.4 Å². The van der Waals surface area contributed by atoms with Crippen molar-refractivity contribution in [3.63, 3.8) is 0 Å². The monoisotopic (exact) mass is 595 g/mol. The summed E-state index contributed by atoms with van der Waals surface area (Å²) in [7, 11) is -0.634. The first-order chi connectivity index (χ1) is 19.2. The quantitative estimate of drug-likeness (QED) is 0.389. The van der Waals surface area contributed by atoms with E-state index in [1.54, 1.807) is 27.8 Å². The summed E-state index contributed by atoms with van der Waals surface area (Å²) >= 11 is 0. The zero-order valence-corrected chi connectivity index (χ0v) is 24.8. The van der Waals surface area contributed by atoms with Crippen molar-refractivity contribution >= 4 is 33.4 Å². The number of halogens is 2. The van der Waals surface area contributed by atoms with Crippen LogP contribution in [0, 0.1) is 11.6 Å². The Morgan fingerprint density at radius 1 is 1.24 bits per heavy atom. The van der Waals surface area contributed by atoms with Crippen molar-refractivity contribution in [1.29, 1.82) is 0 Å². The van der Waals surface area contributed by atoms with E-state index in [1.165, 1.54) is 28.8 Å². The number of amides is 1. The Morgan fingerprint density at radius 2 is 1.98 bits per heavy atom. The van der Waals surface area contributed by atoms with E-state index in [9.17, 15) is 17.6 Å². The molecule has 1 saturated heterocycles. The van der Waals surface area contributed by atoms with Crippen molar-refractivity contribution in [1.82, 2.24) is 24.5 Å². The van der Waals surface area contributed by atoms with Gasteiger partial charge >= 0.3 is 6.09 Å². The molecule has 1 unspecified atom stereocenters. The van der Waals surface area contributed by atoms with Gasteiger partial charge in [-0.1, -0.05) is 13.3 Å². The van der Waals surface area contributed by atoms with E-state index in [0.29, 0.717) is 18.9 Å². The number of carbonyl (C=O) groups is 1. The molecule has 0 aliphatic carbocycles. The highest BCUT2D eigenvalue weighted by Gasteiger charge is 2.33. The zero-order valence-electron chi connectivity index (χ0n) is 23.9. The number of rotatable bonds is 9. The van der Waals surface area contributed by atoms with Gasteiger partial charge < -0.3 is 19.7 Å². The first-order valence-electron chi connectivity index (χ1n) is 13.2. The van der Waals surface area contributed by atoms with Gasteiger partial charge in [-0.2, -0.15) is 0 Å². The number of nitrogens with zero attached hydrogens (tertiary/aromatic N) is 6. The van der Waals surface area contributed by atoms with Crippen molar-refractivity contribution in [2.45, 2.75) is 58.6 Å². The van der Waals surface area contributed by atoms with E-state index in [1.807, 2.05) is 6.92 Å². The molecule has 1 amide bonds. The summed E-state index contributed by atoms with van der Waals surface area (Å²) in [5.74, 6) is -1.90. The van der Waals surface area contributed by atoms with Crippen molar-refractivity contribution < 1.29 is 31.5 Å². The molecule has 0 saturated carbocycles. The van der Waals surface area contributed by atoms with Gasteiger partial charge in [-0.25, -0.2) is 40.8 Å². The van der Waals surface area contributed by atoms with Crippen molar-refractivity contribution in [2.24, 2.45) is 0 Å². The van der Waals surface area contributed by atoms with Crippen LogP contribution in [0.1, 0.15) is 47.0 Å². The van der Waals surface area contributed by atoms with Crippen LogP contribution in [0.3, 0.4) is 0 Å². The fourth-order valence-corrected chi connectivity index (χ4v) is 6.01. The maximum atomic E-state index is 15.2. The lowest BCUT2D eigenvalue weighted by Crippen LogP contribution is -2.41. The summed E-state index contributed by atoms with van der Waals surface area (Å²) in [5.41, 5.74) is -0.590. The Labute approximate surface area is 237 Å². The number of imidazole rings is 1. The summed E-state index contributed by atoms with van der Waals surface area (Å²) in [6, 6.07) is 1.78. The number of sulfonamides is 1. The second kappa shape index (κ2) is 11.6. The maximum absolute atomic E-state index is 15.2. The number of hydrogen-bond acceptors (Lipinski definition) is 9. The highest BCUT2D eigenvalue weighted by Crippen LogP contribution is 2.34. The van der Waals surface area contributed by atoms with Crippen molar-refractivity contribution in [2.75, 3.05) is 42.6 Å². The highest BCUT2D eigenvalue weighted by molar-refractivity contribution is 7.93. The van der Waals surface area contributed by atoms with Gasteiger partial charge in [0.15, 0.2) is 28.8 Å². The molecule has 0 aromatic carbocycles. The number of ether oxygens (including phenoxy) is 2. The smallest absolute Gasteiger partial charge is 0.410 e. The summed E-state index contributed by atoms with van der Waals surface area (Å²) < 4.78 is 68.5. The minimum absolute atomic E-state index is 0.0299. The Morgan fingerprint density at radius 3 is 2.59 bits per heavy atom.